The maximum absolute atomic E-state index is 11.1. The topological polar surface area (TPSA) is 427 Å². The van der Waals surface area contributed by atoms with E-state index in [1.807, 2.05) is 0 Å². The molecular formula is C30H52O26. The van der Waals surface area contributed by atoms with Crippen LogP contribution in [0.4, 0.5) is 0 Å². The maximum Gasteiger partial charge on any atom is 0.222 e. The quantitative estimate of drug-likeness (QED) is 0.0610. The third-order valence-corrected chi connectivity index (χ3v) is 10.8. The lowest BCUT2D eigenvalue weighted by Gasteiger charge is -2.38. The van der Waals surface area contributed by atoms with E-state index in [0.717, 1.165) is 0 Å². The molecule has 5 heterocycles. The molecule has 0 bridgehead atoms. The molecular weight excluding hydrogens is 776 g/mol. The Labute approximate surface area is 316 Å². The zero-order valence-electron chi connectivity index (χ0n) is 29.5. The summed E-state index contributed by atoms with van der Waals surface area (Å²) in [5, 5.41) is 175. The van der Waals surface area contributed by atoms with Crippen molar-refractivity contribution in [3.05, 3.63) is 0 Å². The standard InChI is InChI=1S/C30H52O26/c31-1-11-16(37)22(43)27(7-34,53-11)49-4-14-20(41)24(45)29(9-36,56-14)51-10-30(25(46)17(38)12(2-32)54-30)50-5-15-19(40)23(44)28(8-35,55-15)48-3-13-18(39)21(42)26(47,6-33)52-13/h11-25,31-47H,1-10H2/t11-,12-,13-,14-,15-,16-,17-,18-,19-,20-,21+,22+,23+,24+,25+,26-,27-,28-,29-,30-/m1/s1. The summed E-state index contributed by atoms with van der Waals surface area (Å²) in [5.41, 5.74) is 0. The summed E-state index contributed by atoms with van der Waals surface area (Å²) in [6, 6.07) is 0. The fourth-order valence-electron chi connectivity index (χ4n) is 7.19. The van der Waals surface area contributed by atoms with Gasteiger partial charge in [0.05, 0.1) is 39.6 Å². The van der Waals surface area contributed by atoms with E-state index in [2.05, 4.69) is 0 Å². The van der Waals surface area contributed by atoms with Gasteiger partial charge >= 0.3 is 0 Å². The van der Waals surface area contributed by atoms with Crippen LogP contribution in [0.3, 0.4) is 0 Å². The minimum atomic E-state index is -2.59. The zero-order chi connectivity index (χ0) is 41.6. The Hall–Kier alpha value is -1.04. The van der Waals surface area contributed by atoms with Crippen molar-refractivity contribution in [1.29, 1.82) is 0 Å². The van der Waals surface area contributed by atoms with Crippen LogP contribution in [0.1, 0.15) is 0 Å². The van der Waals surface area contributed by atoms with E-state index in [1.165, 1.54) is 0 Å². The van der Waals surface area contributed by atoms with Gasteiger partial charge in [0.15, 0.2) is 0 Å². The molecule has 17 N–H and O–H groups in total. The van der Waals surface area contributed by atoms with Gasteiger partial charge in [0.25, 0.3) is 0 Å². The summed E-state index contributed by atoms with van der Waals surface area (Å²) in [6.07, 6.45) is -27.3. The molecule has 0 amide bonds. The van der Waals surface area contributed by atoms with E-state index in [1.54, 1.807) is 0 Å². The first-order valence-electron chi connectivity index (χ1n) is 17.5. The van der Waals surface area contributed by atoms with E-state index in [-0.39, 0.29) is 0 Å². The fourth-order valence-corrected chi connectivity index (χ4v) is 7.19. The molecule has 328 valence electrons. The van der Waals surface area contributed by atoms with Crippen LogP contribution in [0.5, 0.6) is 0 Å². The summed E-state index contributed by atoms with van der Waals surface area (Å²) < 4.78 is 49.5. The SMILES string of the molecule is OC[C@H]1O[C@@](CO)(OC[C@H]2O[C@@](CO)(OC[C@@]3(OC[C@H]4O[C@@](CO)(OC[C@H]5O[C@](O)(CO)[C@@H](O)[C@@H]5O)[C@@H](O)[C@@H]4O)O[C@H](CO)[C@@H](O)[C@@H]3O)[C@@H](O)[C@@H]2O)[C@@H](O)[C@@H]1O. The molecule has 0 aromatic heterocycles. The monoisotopic (exact) mass is 828 g/mol. The number of ether oxygens (including phenoxy) is 9. The van der Waals surface area contributed by atoms with Crippen LogP contribution in [-0.2, 0) is 42.6 Å². The van der Waals surface area contributed by atoms with Crippen LogP contribution in [0.15, 0.2) is 0 Å². The largest absolute Gasteiger partial charge is 0.394 e. The van der Waals surface area contributed by atoms with Gasteiger partial charge < -0.3 is 129 Å². The fraction of sp³-hybridized carbons (Fsp3) is 1.00. The molecule has 5 aliphatic rings. The first kappa shape index (κ1) is 46.0. The highest BCUT2D eigenvalue weighted by Gasteiger charge is 2.63. The van der Waals surface area contributed by atoms with Gasteiger partial charge in [-0.3, -0.25) is 0 Å². The lowest BCUT2D eigenvalue weighted by Crippen LogP contribution is -2.56. The normalized spacial score (nSPS) is 52.1. The summed E-state index contributed by atoms with van der Waals surface area (Å²) in [6.45, 7) is -9.87. The van der Waals surface area contributed by atoms with Gasteiger partial charge in [-0.1, -0.05) is 0 Å². The van der Waals surface area contributed by atoms with Crippen molar-refractivity contribution in [3.63, 3.8) is 0 Å². The smallest absolute Gasteiger partial charge is 0.222 e. The van der Waals surface area contributed by atoms with Gasteiger partial charge in [-0.25, -0.2) is 0 Å². The third kappa shape index (κ3) is 7.85. The lowest BCUT2D eigenvalue weighted by atomic mass is 10.0. The zero-order valence-corrected chi connectivity index (χ0v) is 29.5. The number of aliphatic hydroxyl groups is 17. The van der Waals surface area contributed by atoms with E-state index in [0.29, 0.717) is 0 Å². The minimum Gasteiger partial charge on any atom is -0.394 e. The molecule has 0 radical (unpaired) electrons. The minimum absolute atomic E-state index is 0.775. The molecule has 5 saturated heterocycles. The summed E-state index contributed by atoms with van der Waals surface area (Å²) in [4.78, 5) is 0. The molecule has 20 atom stereocenters. The van der Waals surface area contributed by atoms with Crippen LogP contribution in [0.25, 0.3) is 0 Å². The molecule has 0 aliphatic carbocycles. The molecule has 5 fully saturated rings. The second-order valence-electron chi connectivity index (χ2n) is 14.3. The Morgan fingerprint density at radius 3 is 1.02 bits per heavy atom. The predicted molar refractivity (Wildman–Crippen MR) is 167 cm³/mol. The van der Waals surface area contributed by atoms with Crippen molar-refractivity contribution in [3.8, 4) is 0 Å². The highest BCUT2D eigenvalue weighted by atomic mass is 16.8. The Kier molecular flexibility index (Phi) is 14.4. The summed E-state index contributed by atoms with van der Waals surface area (Å²) in [5.74, 6) is -12.5. The van der Waals surface area contributed by atoms with Crippen molar-refractivity contribution in [1.82, 2.24) is 0 Å². The van der Waals surface area contributed by atoms with Crippen molar-refractivity contribution in [2.45, 2.75) is 120 Å². The first-order valence-corrected chi connectivity index (χ1v) is 17.5. The molecule has 0 aromatic rings. The van der Waals surface area contributed by atoms with Gasteiger partial charge in [-0.15, -0.1) is 0 Å². The molecule has 56 heavy (non-hydrogen) atoms. The van der Waals surface area contributed by atoms with E-state index >= 15 is 0 Å². The Morgan fingerprint density at radius 2 is 0.661 bits per heavy atom. The summed E-state index contributed by atoms with van der Waals surface area (Å²) >= 11 is 0. The van der Waals surface area contributed by atoms with Crippen LogP contribution in [0, 0.1) is 0 Å². The Bertz CT molecular complexity index is 1290. The number of aliphatic hydroxyl groups excluding tert-OH is 16. The predicted octanol–water partition coefficient (Wildman–Crippen LogP) is -11.9. The van der Waals surface area contributed by atoms with Crippen LogP contribution in [0.2, 0.25) is 0 Å². The Morgan fingerprint density at radius 1 is 0.357 bits per heavy atom. The average Bonchev–Trinajstić information content (AvgIpc) is 3.86. The molecule has 5 rings (SSSR count). The molecule has 0 aromatic carbocycles. The van der Waals surface area contributed by atoms with Crippen molar-refractivity contribution in [2.24, 2.45) is 0 Å². The molecule has 5 aliphatic heterocycles. The van der Waals surface area contributed by atoms with Gasteiger partial charge in [0, 0.05) is 0 Å². The lowest BCUT2D eigenvalue weighted by molar-refractivity contribution is -0.349. The van der Waals surface area contributed by atoms with Crippen LogP contribution >= 0.6 is 0 Å². The van der Waals surface area contributed by atoms with Gasteiger partial charge in [0.1, 0.15) is 118 Å². The van der Waals surface area contributed by atoms with Gasteiger partial charge in [-0.05, 0) is 0 Å². The molecule has 0 saturated carbocycles. The molecule has 26 nitrogen and oxygen atoms in total. The maximum atomic E-state index is 11.1. The second kappa shape index (κ2) is 17.5. The van der Waals surface area contributed by atoms with Crippen LogP contribution in [-0.4, -0.2) is 273 Å². The molecule has 0 spiro atoms. The highest BCUT2D eigenvalue weighted by Crippen LogP contribution is 2.41. The number of hydrogen-bond acceptors (Lipinski definition) is 26. The number of rotatable bonds is 18. The Balaban J connectivity index is 1.28. The second-order valence-corrected chi connectivity index (χ2v) is 14.3. The summed E-state index contributed by atoms with van der Waals surface area (Å²) in [7, 11) is 0. The molecule has 26 heteroatoms. The van der Waals surface area contributed by atoms with Crippen LogP contribution < -0.4 is 0 Å². The average molecular weight is 829 g/mol. The van der Waals surface area contributed by atoms with E-state index in [4.69, 9.17) is 42.6 Å². The van der Waals surface area contributed by atoms with E-state index in [9.17, 15) is 86.8 Å². The third-order valence-electron chi connectivity index (χ3n) is 10.8. The first-order chi connectivity index (χ1) is 26.3. The van der Waals surface area contributed by atoms with Crippen molar-refractivity contribution >= 4 is 0 Å². The van der Waals surface area contributed by atoms with Gasteiger partial charge in [0.2, 0.25) is 28.9 Å². The van der Waals surface area contributed by atoms with Crippen molar-refractivity contribution in [2.75, 3.05) is 66.1 Å². The molecule has 0 unspecified atom stereocenters. The van der Waals surface area contributed by atoms with Gasteiger partial charge in [-0.2, -0.15) is 0 Å². The number of hydrogen-bond donors (Lipinski definition) is 17. The highest BCUT2D eigenvalue weighted by molar-refractivity contribution is 5.03. The van der Waals surface area contributed by atoms with Crippen molar-refractivity contribution < 1.29 is 129 Å². The van der Waals surface area contributed by atoms with E-state index < -0.39 is 187 Å².